The summed E-state index contributed by atoms with van der Waals surface area (Å²) in [4.78, 5) is 11.5. The van der Waals surface area contributed by atoms with E-state index in [2.05, 4.69) is 51.9 Å². The molecule has 2 unspecified atom stereocenters. The Bertz CT molecular complexity index is 827. The molecule has 1 aromatic carbocycles. The van der Waals surface area contributed by atoms with E-state index in [1.165, 1.54) is 0 Å². The van der Waals surface area contributed by atoms with Crippen LogP contribution >= 0.6 is 24.0 Å². The lowest BCUT2D eigenvalue weighted by Crippen LogP contribution is -2.49. The van der Waals surface area contributed by atoms with Crippen LogP contribution in [-0.4, -0.2) is 53.3 Å². The van der Waals surface area contributed by atoms with E-state index < -0.39 is 0 Å². The van der Waals surface area contributed by atoms with Crippen LogP contribution in [0.3, 0.4) is 0 Å². The average Bonchev–Trinajstić information content (AvgIpc) is 3.17. The molecule has 2 aliphatic rings. The molecule has 0 bridgehead atoms. The molecule has 0 spiro atoms. The molecule has 0 amide bonds. The Morgan fingerprint density at radius 2 is 2.10 bits per heavy atom. The molecule has 4 rings (SSSR count). The predicted octanol–water partition coefficient (Wildman–Crippen LogP) is 3.71. The standard InChI is InChI=1S/C22H31N5O2.HI/c1-3-24-22(26-9-7-17(2)19(15-26)27-10-8-23-16-27)25-14-18-5-6-20-21(13-18)29-12-4-11-28-20;/h5-6,8,10,13,16-17,19H,3-4,7,9,11-12,14-15H2,1-2H3,(H,24,25);1H. The number of imidazole rings is 1. The second-order valence-electron chi connectivity index (χ2n) is 7.79. The van der Waals surface area contributed by atoms with Crippen molar-refractivity contribution in [1.82, 2.24) is 19.8 Å². The van der Waals surface area contributed by atoms with Gasteiger partial charge in [0.05, 0.1) is 32.1 Å². The summed E-state index contributed by atoms with van der Waals surface area (Å²) in [6.45, 7) is 9.25. The molecule has 3 heterocycles. The molecule has 2 aromatic rings. The minimum absolute atomic E-state index is 0. The summed E-state index contributed by atoms with van der Waals surface area (Å²) in [5.74, 6) is 3.24. The first kappa shape index (κ1) is 22.7. The molecule has 2 atom stereocenters. The number of rotatable bonds is 4. The van der Waals surface area contributed by atoms with E-state index in [1.807, 2.05) is 18.6 Å². The highest BCUT2D eigenvalue weighted by atomic mass is 127. The number of likely N-dealkylation sites (tertiary alicyclic amines) is 1. The summed E-state index contributed by atoms with van der Waals surface area (Å²) in [5.41, 5.74) is 1.13. The number of fused-ring (bicyclic) bond motifs is 1. The van der Waals surface area contributed by atoms with Crippen molar-refractivity contribution in [2.24, 2.45) is 10.9 Å². The third kappa shape index (κ3) is 5.39. The van der Waals surface area contributed by atoms with Crippen molar-refractivity contribution in [3.05, 3.63) is 42.5 Å². The number of hydrogen-bond acceptors (Lipinski definition) is 4. The van der Waals surface area contributed by atoms with Gasteiger partial charge < -0.3 is 24.3 Å². The Kier molecular flexibility index (Phi) is 8.24. The zero-order valence-corrected chi connectivity index (χ0v) is 20.1. The molecule has 1 aromatic heterocycles. The highest BCUT2D eigenvalue weighted by molar-refractivity contribution is 14.0. The number of benzene rings is 1. The predicted molar refractivity (Wildman–Crippen MR) is 129 cm³/mol. The maximum atomic E-state index is 5.82. The smallest absolute Gasteiger partial charge is 0.194 e. The topological polar surface area (TPSA) is 63.9 Å². The third-order valence-corrected chi connectivity index (χ3v) is 5.68. The minimum Gasteiger partial charge on any atom is -0.490 e. The maximum Gasteiger partial charge on any atom is 0.194 e. The maximum absolute atomic E-state index is 5.82. The first-order valence-corrected chi connectivity index (χ1v) is 10.6. The van der Waals surface area contributed by atoms with Gasteiger partial charge in [-0.3, -0.25) is 0 Å². The minimum atomic E-state index is 0. The molecule has 0 aliphatic carbocycles. The number of nitrogens with one attached hydrogen (secondary N) is 1. The molecule has 1 N–H and O–H groups in total. The highest BCUT2D eigenvalue weighted by Crippen LogP contribution is 2.31. The number of nitrogens with zero attached hydrogens (tertiary/aromatic N) is 4. The summed E-state index contributed by atoms with van der Waals surface area (Å²) in [6, 6.07) is 6.54. The van der Waals surface area contributed by atoms with Crippen molar-refractivity contribution in [2.75, 3.05) is 32.8 Å². The van der Waals surface area contributed by atoms with Crippen molar-refractivity contribution in [2.45, 2.75) is 39.3 Å². The number of guanidine groups is 1. The van der Waals surface area contributed by atoms with Crippen LogP contribution in [0, 0.1) is 5.92 Å². The van der Waals surface area contributed by atoms with Crippen LogP contribution in [0.4, 0.5) is 0 Å². The lowest BCUT2D eigenvalue weighted by atomic mass is 9.93. The molecule has 7 nitrogen and oxygen atoms in total. The van der Waals surface area contributed by atoms with E-state index in [0.29, 0.717) is 31.7 Å². The average molecular weight is 525 g/mol. The number of halogens is 1. The fraction of sp³-hybridized carbons (Fsp3) is 0.545. The second kappa shape index (κ2) is 10.9. The molecule has 30 heavy (non-hydrogen) atoms. The van der Waals surface area contributed by atoms with Gasteiger partial charge in [0.25, 0.3) is 0 Å². The lowest BCUT2D eigenvalue weighted by molar-refractivity contribution is 0.189. The third-order valence-electron chi connectivity index (χ3n) is 5.68. The Labute approximate surface area is 195 Å². The van der Waals surface area contributed by atoms with Crippen molar-refractivity contribution in [3.8, 4) is 11.5 Å². The zero-order chi connectivity index (χ0) is 20.1. The Morgan fingerprint density at radius 3 is 2.87 bits per heavy atom. The van der Waals surface area contributed by atoms with Crippen LogP contribution in [-0.2, 0) is 6.54 Å². The molecule has 164 valence electrons. The first-order valence-electron chi connectivity index (χ1n) is 10.6. The molecule has 8 heteroatoms. The quantitative estimate of drug-likeness (QED) is 0.375. The van der Waals surface area contributed by atoms with E-state index in [0.717, 1.165) is 55.5 Å². The van der Waals surface area contributed by atoms with Gasteiger partial charge in [0.1, 0.15) is 0 Å². The molecule has 0 radical (unpaired) electrons. The van der Waals surface area contributed by atoms with Crippen molar-refractivity contribution in [1.29, 1.82) is 0 Å². The summed E-state index contributed by atoms with van der Waals surface area (Å²) in [5, 5.41) is 3.47. The monoisotopic (exact) mass is 525 g/mol. The summed E-state index contributed by atoms with van der Waals surface area (Å²) >= 11 is 0. The number of hydrogen-bond donors (Lipinski definition) is 1. The van der Waals surface area contributed by atoms with Gasteiger partial charge in [-0.05, 0) is 37.0 Å². The largest absolute Gasteiger partial charge is 0.490 e. The Morgan fingerprint density at radius 1 is 1.27 bits per heavy atom. The van der Waals surface area contributed by atoms with Crippen LogP contribution in [0.5, 0.6) is 11.5 Å². The summed E-state index contributed by atoms with van der Waals surface area (Å²) < 4.78 is 13.8. The van der Waals surface area contributed by atoms with Crippen molar-refractivity contribution < 1.29 is 9.47 Å². The van der Waals surface area contributed by atoms with Crippen molar-refractivity contribution >= 4 is 29.9 Å². The molecule has 0 saturated carbocycles. The van der Waals surface area contributed by atoms with Crippen LogP contribution in [0.15, 0.2) is 41.9 Å². The molecule has 1 saturated heterocycles. The number of piperidine rings is 1. The van der Waals surface area contributed by atoms with E-state index in [4.69, 9.17) is 14.5 Å². The number of aliphatic imine (C=N–C) groups is 1. The van der Waals surface area contributed by atoms with Gasteiger partial charge in [-0.25, -0.2) is 9.98 Å². The van der Waals surface area contributed by atoms with Crippen LogP contribution in [0.2, 0.25) is 0 Å². The number of aromatic nitrogens is 2. The van der Waals surface area contributed by atoms with Gasteiger partial charge in [0.2, 0.25) is 0 Å². The van der Waals surface area contributed by atoms with Gasteiger partial charge >= 0.3 is 0 Å². The molecular formula is C22H32IN5O2. The van der Waals surface area contributed by atoms with E-state index in [1.54, 1.807) is 0 Å². The summed E-state index contributed by atoms with van der Waals surface area (Å²) in [6.07, 6.45) is 7.89. The first-order chi connectivity index (χ1) is 14.2. The Hall–Kier alpha value is -1.97. The zero-order valence-electron chi connectivity index (χ0n) is 17.8. The fourth-order valence-electron chi connectivity index (χ4n) is 3.99. The Balaban J connectivity index is 0.00000256. The second-order valence-corrected chi connectivity index (χ2v) is 7.79. The van der Waals surface area contributed by atoms with Gasteiger partial charge in [-0.15, -0.1) is 24.0 Å². The summed E-state index contributed by atoms with van der Waals surface area (Å²) in [7, 11) is 0. The van der Waals surface area contributed by atoms with Gasteiger partial charge in [0.15, 0.2) is 17.5 Å². The molecule has 2 aliphatic heterocycles. The normalized spacial score (nSPS) is 21.5. The van der Waals surface area contributed by atoms with Gasteiger partial charge in [-0.2, -0.15) is 0 Å². The van der Waals surface area contributed by atoms with Gasteiger partial charge in [0, 0.05) is 38.4 Å². The fourth-order valence-corrected chi connectivity index (χ4v) is 3.99. The van der Waals surface area contributed by atoms with E-state index in [-0.39, 0.29) is 24.0 Å². The lowest BCUT2D eigenvalue weighted by Gasteiger charge is -2.39. The van der Waals surface area contributed by atoms with Crippen molar-refractivity contribution in [3.63, 3.8) is 0 Å². The van der Waals surface area contributed by atoms with E-state index >= 15 is 0 Å². The van der Waals surface area contributed by atoms with Crippen LogP contribution in [0.1, 0.15) is 38.3 Å². The van der Waals surface area contributed by atoms with E-state index in [9.17, 15) is 0 Å². The molecule has 1 fully saturated rings. The van der Waals surface area contributed by atoms with Crippen LogP contribution < -0.4 is 14.8 Å². The van der Waals surface area contributed by atoms with Crippen LogP contribution in [0.25, 0.3) is 0 Å². The number of ether oxygens (including phenoxy) is 2. The molecular weight excluding hydrogens is 493 g/mol. The van der Waals surface area contributed by atoms with Gasteiger partial charge in [-0.1, -0.05) is 13.0 Å². The SMILES string of the molecule is CCNC(=NCc1ccc2c(c1)OCCCO2)N1CCC(C)C(n2ccnc2)C1.I. The highest BCUT2D eigenvalue weighted by Gasteiger charge is 2.28.